The van der Waals surface area contributed by atoms with Gasteiger partial charge in [0.25, 0.3) is 0 Å². The summed E-state index contributed by atoms with van der Waals surface area (Å²) in [5.41, 5.74) is -0.0260. The number of nitrogens with zero attached hydrogens (tertiary/aromatic N) is 3. The average molecular weight is 393 g/mol. The van der Waals surface area contributed by atoms with Gasteiger partial charge in [-0.05, 0) is 28.5 Å². The van der Waals surface area contributed by atoms with E-state index >= 15 is 0 Å². The Morgan fingerprint density at radius 3 is 2.41 bits per heavy atom. The molecule has 0 aliphatic carbocycles. The van der Waals surface area contributed by atoms with Crippen molar-refractivity contribution in [2.45, 2.75) is 6.54 Å². The Morgan fingerprint density at radius 1 is 1.03 bits per heavy atom. The Labute approximate surface area is 163 Å². The topological polar surface area (TPSA) is 114 Å². The van der Waals surface area contributed by atoms with Gasteiger partial charge in [-0.1, -0.05) is 29.5 Å². The molecule has 2 aromatic heterocycles. The summed E-state index contributed by atoms with van der Waals surface area (Å²) in [5, 5.41) is 10.2. The summed E-state index contributed by atoms with van der Waals surface area (Å²) in [5.74, 6) is -1.62. The molecule has 2 heterocycles. The molecule has 2 aromatic carbocycles. The lowest BCUT2D eigenvalue weighted by atomic mass is 10.0. The summed E-state index contributed by atoms with van der Waals surface area (Å²) >= 11 is 0. The fraction of sp³-hybridized carbons (Fsp3) is 0.150. The number of esters is 2. The lowest BCUT2D eigenvalue weighted by molar-refractivity contribution is 0.0544. The van der Waals surface area contributed by atoms with Gasteiger partial charge in [0.05, 0.1) is 20.8 Å². The first-order valence-electron chi connectivity index (χ1n) is 8.57. The van der Waals surface area contributed by atoms with Crippen LogP contribution in [0.3, 0.4) is 0 Å². The molecule has 0 radical (unpaired) electrons. The Kier molecular flexibility index (Phi) is 4.55. The Hall–Kier alpha value is -4.01. The predicted octanol–water partition coefficient (Wildman–Crippen LogP) is 2.16. The fourth-order valence-electron chi connectivity index (χ4n) is 3.16. The second kappa shape index (κ2) is 7.19. The molecule has 0 atom stereocenters. The van der Waals surface area contributed by atoms with Crippen LogP contribution in [0.25, 0.3) is 21.7 Å². The molecule has 0 unspecified atom stereocenters. The van der Waals surface area contributed by atoms with Crippen LogP contribution in [0, 0.1) is 0 Å². The number of carbonyl (C=O) groups excluding carboxylic acids is 2. The van der Waals surface area contributed by atoms with E-state index in [-0.39, 0.29) is 17.9 Å². The van der Waals surface area contributed by atoms with Crippen LogP contribution < -0.4 is 5.63 Å². The Morgan fingerprint density at radius 2 is 1.72 bits per heavy atom. The third-order valence-corrected chi connectivity index (χ3v) is 4.51. The van der Waals surface area contributed by atoms with Crippen LogP contribution in [0.5, 0.6) is 0 Å². The van der Waals surface area contributed by atoms with E-state index in [1.165, 1.54) is 25.0 Å². The van der Waals surface area contributed by atoms with E-state index in [9.17, 15) is 14.4 Å². The molecule has 0 spiro atoms. The molecule has 0 amide bonds. The standard InChI is InChI=1S/C20H15N3O6/c1-27-19(25)17-18(20(26)28-2)23(22-21-17)10-13-9-16(24)29-15-8-12-6-4-3-5-11(12)7-14(13)15/h3-9H,10H2,1-2H3. The molecule has 146 valence electrons. The van der Waals surface area contributed by atoms with Crippen molar-refractivity contribution < 1.29 is 23.5 Å². The predicted molar refractivity (Wildman–Crippen MR) is 102 cm³/mol. The van der Waals surface area contributed by atoms with Gasteiger partial charge in [-0.15, -0.1) is 5.10 Å². The third-order valence-electron chi connectivity index (χ3n) is 4.51. The number of aromatic nitrogens is 3. The Balaban J connectivity index is 1.89. The van der Waals surface area contributed by atoms with Crippen LogP contribution in [0.2, 0.25) is 0 Å². The van der Waals surface area contributed by atoms with Gasteiger partial charge in [0.15, 0.2) is 5.69 Å². The lowest BCUT2D eigenvalue weighted by Crippen LogP contribution is -2.17. The highest BCUT2D eigenvalue weighted by Gasteiger charge is 2.27. The maximum atomic E-state index is 12.2. The summed E-state index contributed by atoms with van der Waals surface area (Å²) < 4.78 is 15.9. The van der Waals surface area contributed by atoms with Crippen molar-refractivity contribution in [2.75, 3.05) is 14.2 Å². The first-order chi connectivity index (χ1) is 14.0. The van der Waals surface area contributed by atoms with Gasteiger partial charge in [0.2, 0.25) is 5.69 Å². The monoisotopic (exact) mass is 393 g/mol. The fourth-order valence-corrected chi connectivity index (χ4v) is 3.16. The number of fused-ring (bicyclic) bond motifs is 2. The number of benzene rings is 2. The summed E-state index contributed by atoms with van der Waals surface area (Å²) in [6, 6.07) is 12.6. The van der Waals surface area contributed by atoms with Gasteiger partial charge in [0.1, 0.15) is 5.58 Å². The minimum Gasteiger partial charge on any atom is -0.464 e. The Bertz CT molecular complexity index is 1320. The minimum absolute atomic E-state index is 0.00509. The van der Waals surface area contributed by atoms with Crippen LogP contribution in [-0.4, -0.2) is 41.2 Å². The summed E-state index contributed by atoms with van der Waals surface area (Å²) in [6.07, 6.45) is 0. The molecular formula is C20H15N3O6. The number of hydrogen-bond donors (Lipinski definition) is 0. The second-order valence-electron chi connectivity index (χ2n) is 6.21. The molecule has 0 saturated carbocycles. The smallest absolute Gasteiger partial charge is 0.361 e. The molecule has 9 nitrogen and oxygen atoms in total. The highest BCUT2D eigenvalue weighted by atomic mass is 16.5. The zero-order valence-electron chi connectivity index (χ0n) is 15.5. The molecule has 4 rings (SSSR count). The molecule has 0 aliphatic heterocycles. The summed E-state index contributed by atoms with van der Waals surface area (Å²) in [6.45, 7) is -0.00509. The van der Waals surface area contributed by atoms with E-state index in [2.05, 4.69) is 15.0 Å². The van der Waals surface area contributed by atoms with Crippen LogP contribution in [0.1, 0.15) is 26.5 Å². The van der Waals surface area contributed by atoms with Crippen molar-refractivity contribution in [3.8, 4) is 0 Å². The van der Waals surface area contributed by atoms with E-state index in [4.69, 9.17) is 9.15 Å². The van der Waals surface area contributed by atoms with Crippen LogP contribution in [0.4, 0.5) is 0 Å². The van der Waals surface area contributed by atoms with Gasteiger partial charge in [-0.3, -0.25) is 0 Å². The average Bonchev–Trinajstić information content (AvgIpc) is 3.14. The molecule has 0 N–H and O–H groups in total. The third kappa shape index (κ3) is 3.22. The molecule has 29 heavy (non-hydrogen) atoms. The highest BCUT2D eigenvalue weighted by Crippen LogP contribution is 2.25. The molecule has 0 aliphatic rings. The van der Waals surface area contributed by atoms with Crippen molar-refractivity contribution in [3.63, 3.8) is 0 Å². The summed E-state index contributed by atoms with van der Waals surface area (Å²) in [4.78, 5) is 36.2. The number of rotatable bonds is 4. The normalized spacial score (nSPS) is 11.0. The first kappa shape index (κ1) is 18.4. The summed E-state index contributed by atoms with van der Waals surface area (Å²) in [7, 11) is 2.35. The SMILES string of the molecule is COC(=O)c1nnn(Cc2cc(=O)oc3cc4ccccc4cc23)c1C(=O)OC. The van der Waals surface area contributed by atoms with E-state index in [1.807, 2.05) is 30.3 Å². The highest BCUT2D eigenvalue weighted by molar-refractivity contribution is 6.00. The maximum absolute atomic E-state index is 12.2. The van der Waals surface area contributed by atoms with Crippen LogP contribution in [-0.2, 0) is 16.0 Å². The number of ether oxygens (including phenoxy) is 2. The van der Waals surface area contributed by atoms with E-state index in [1.54, 1.807) is 6.07 Å². The van der Waals surface area contributed by atoms with Crippen molar-refractivity contribution in [2.24, 2.45) is 0 Å². The van der Waals surface area contributed by atoms with Crippen molar-refractivity contribution in [1.29, 1.82) is 0 Å². The quantitative estimate of drug-likeness (QED) is 0.294. The van der Waals surface area contributed by atoms with Gasteiger partial charge in [-0.25, -0.2) is 19.1 Å². The number of carbonyl (C=O) groups is 2. The van der Waals surface area contributed by atoms with Gasteiger partial charge < -0.3 is 13.9 Å². The van der Waals surface area contributed by atoms with Crippen molar-refractivity contribution in [1.82, 2.24) is 15.0 Å². The molecular weight excluding hydrogens is 378 g/mol. The van der Waals surface area contributed by atoms with E-state index in [0.29, 0.717) is 16.5 Å². The van der Waals surface area contributed by atoms with Gasteiger partial charge in [0, 0.05) is 11.5 Å². The zero-order chi connectivity index (χ0) is 20.5. The molecule has 0 bridgehead atoms. The largest absolute Gasteiger partial charge is 0.464 e. The maximum Gasteiger partial charge on any atom is 0.361 e. The minimum atomic E-state index is -0.819. The van der Waals surface area contributed by atoms with E-state index in [0.717, 1.165) is 10.8 Å². The van der Waals surface area contributed by atoms with Crippen LogP contribution in [0.15, 0.2) is 51.7 Å². The molecule has 9 heteroatoms. The zero-order valence-corrected chi connectivity index (χ0v) is 15.5. The number of methoxy groups -OCH3 is 2. The molecule has 4 aromatic rings. The van der Waals surface area contributed by atoms with Crippen molar-refractivity contribution >= 4 is 33.7 Å². The first-order valence-corrected chi connectivity index (χ1v) is 8.57. The molecule has 0 saturated heterocycles. The second-order valence-corrected chi connectivity index (χ2v) is 6.21. The van der Waals surface area contributed by atoms with E-state index < -0.39 is 17.6 Å². The number of hydrogen-bond acceptors (Lipinski definition) is 8. The lowest BCUT2D eigenvalue weighted by Gasteiger charge is -2.09. The van der Waals surface area contributed by atoms with Gasteiger partial charge >= 0.3 is 17.6 Å². The van der Waals surface area contributed by atoms with Crippen molar-refractivity contribution in [3.05, 3.63) is 69.8 Å². The van der Waals surface area contributed by atoms with Gasteiger partial charge in [-0.2, -0.15) is 0 Å². The van der Waals surface area contributed by atoms with Crippen LogP contribution >= 0.6 is 0 Å². The molecule has 0 fully saturated rings.